The van der Waals surface area contributed by atoms with Crippen molar-refractivity contribution >= 4 is 5.91 Å². The van der Waals surface area contributed by atoms with Crippen LogP contribution in [0.4, 0.5) is 0 Å². The molecule has 134 valence electrons. The maximum absolute atomic E-state index is 12.6. The normalized spacial score (nSPS) is 18.4. The fourth-order valence-corrected chi connectivity index (χ4v) is 3.33. The van der Waals surface area contributed by atoms with Crippen molar-refractivity contribution in [2.24, 2.45) is 7.05 Å². The summed E-state index contributed by atoms with van der Waals surface area (Å²) in [7, 11) is 5.70. The lowest BCUT2D eigenvalue weighted by Gasteiger charge is -2.39. The first-order valence-corrected chi connectivity index (χ1v) is 8.67. The van der Waals surface area contributed by atoms with Crippen molar-refractivity contribution in [2.45, 2.75) is 18.9 Å². The van der Waals surface area contributed by atoms with Crippen LogP contribution in [0.15, 0.2) is 36.5 Å². The van der Waals surface area contributed by atoms with Gasteiger partial charge in [0.15, 0.2) is 0 Å². The van der Waals surface area contributed by atoms with E-state index in [4.69, 9.17) is 4.74 Å². The molecule has 1 atom stereocenters. The monoisotopic (exact) mass is 342 g/mol. The Kier molecular flexibility index (Phi) is 5.38. The summed E-state index contributed by atoms with van der Waals surface area (Å²) in [6.45, 7) is 2.40. The number of benzene rings is 1. The van der Waals surface area contributed by atoms with Crippen molar-refractivity contribution < 1.29 is 9.53 Å². The predicted octanol–water partition coefficient (Wildman–Crippen LogP) is 1.88. The standard InChI is InChI=1S/C19H26N4O2/c1-21-12-13-23(19(24)9-6-16-10-11-20-22(16)2)14-18(21)15-4-7-17(25-3)8-5-15/h4-5,7-8,10-11,18H,6,9,12-14H2,1-3H3. The van der Waals surface area contributed by atoms with E-state index in [-0.39, 0.29) is 11.9 Å². The van der Waals surface area contributed by atoms with Crippen LogP contribution in [0.5, 0.6) is 5.75 Å². The van der Waals surface area contributed by atoms with Crippen molar-refractivity contribution in [3.8, 4) is 5.75 Å². The summed E-state index contributed by atoms with van der Waals surface area (Å²) in [5.74, 6) is 1.07. The number of aromatic nitrogens is 2. The fourth-order valence-electron chi connectivity index (χ4n) is 3.33. The van der Waals surface area contributed by atoms with Gasteiger partial charge in [0.25, 0.3) is 0 Å². The molecule has 0 spiro atoms. The van der Waals surface area contributed by atoms with Gasteiger partial charge in [-0.1, -0.05) is 12.1 Å². The molecule has 2 heterocycles. The molecule has 2 aromatic rings. The Morgan fingerprint density at radius 1 is 1.20 bits per heavy atom. The minimum Gasteiger partial charge on any atom is -0.497 e. The second-order valence-electron chi connectivity index (χ2n) is 6.56. The number of ether oxygens (including phenoxy) is 1. The number of hydrogen-bond acceptors (Lipinski definition) is 4. The van der Waals surface area contributed by atoms with Crippen LogP contribution in [0.25, 0.3) is 0 Å². The molecule has 1 aliphatic heterocycles. The Labute approximate surface area is 149 Å². The zero-order valence-corrected chi connectivity index (χ0v) is 15.2. The summed E-state index contributed by atoms with van der Waals surface area (Å²) < 4.78 is 7.07. The number of carbonyl (C=O) groups is 1. The molecule has 0 saturated carbocycles. The van der Waals surface area contributed by atoms with E-state index in [2.05, 4.69) is 29.2 Å². The smallest absolute Gasteiger partial charge is 0.223 e. The molecule has 1 aromatic heterocycles. The van der Waals surface area contributed by atoms with Crippen LogP contribution in [0, 0.1) is 0 Å². The van der Waals surface area contributed by atoms with Gasteiger partial charge in [0.05, 0.1) is 13.2 Å². The number of nitrogens with zero attached hydrogens (tertiary/aromatic N) is 4. The number of piperazine rings is 1. The molecule has 1 fully saturated rings. The molecule has 0 radical (unpaired) electrons. The molecule has 6 heteroatoms. The molecule has 1 unspecified atom stereocenters. The van der Waals surface area contributed by atoms with Crippen LogP contribution in [-0.4, -0.2) is 59.3 Å². The van der Waals surface area contributed by atoms with E-state index in [0.717, 1.165) is 37.5 Å². The Morgan fingerprint density at radius 3 is 2.60 bits per heavy atom. The van der Waals surface area contributed by atoms with Crippen molar-refractivity contribution in [1.82, 2.24) is 19.6 Å². The minimum atomic E-state index is 0.216. The number of hydrogen-bond donors (Lipinski definition) is 0. The first kappa shape index (κ1) is 17.5. The topological polar surface area (TPSA) is 50.6 Å². The molecular weight excluding hydrogens is 316 g/mol. The zero-order chi connectivity index (χ0) is 17.8. The molecular formula is C19H26N4O2. The van der Waals surface area contributed by atoms with E-state index in [0.29, 0.717) is 6.42 Å². The molecule has 0 bridgehead atoms. The molecule has 1 aliphatic rings. The molecule has 6 nitrogen and oxygen atoms in total. The quantitative estimate of drug-likeness (QED) is 0.832. The van der Waals surface area contributed by atoms with Gasteiger partial charge in [-0.25, -0.2) is 0 Å². The largest absolute Gasteiger partial charge is 0.497 e. The van der Waals surface area contributed by atoms with Crippen molar-refractivity contribution in [1.29, 1.82) is 0 Å². The molecule has 3 rings (SSSR count). The van der Waals surface area contributed by atoms with Crippen LogP contribution in [0.1, 0.15) is 23.7 Å². The number of likely N-dealkylation sites (N-methyl/N-ethyl adjacent to an activating group) is 1. The predicted molar refractivity (Wildman–Crippen MR) is 96.5 cm³/mol. The summed E-state index contributed by atoms with van der Waals surface area (Å²) in [6, 6.07) is 10.3. The SMILES string of the molecule is COc1ccc(C2CN(C(=O)CCc3ccnn3C)CCN2C)cc1. The van der Waals surface area contributed by atoms with Gasteiger partial charge in [-0.05, 0) is 37.2 Å². The summed E-state index contributed by atoms with van der Waals surface area (Å²) in [6.07, 6.45) is 3.03. The lowest BCUT2D eigenvalue weighted by molar-refractivity contribution is -0.134. The van der Waals surface area contributed by atoms with Gasteiger partial charge in [0.2, 0.25) is 5.91 Å². The van der Waals surface area contributed by atoms with Gasteiger partial charge in [-0.3, -0.25) is 14.4 Å². The third-order valence-corrected chi connectivity index (χ3v) is 5.02. The second kappa shape index (κ2) is 7.70. The molecule has 1 saturated heterocycles. The summed E-state index contributed by atoms with van der Waals surface area (Å²) >= 11 is 0. The number of methoxy groups -OCH3 is 1. The maximum atomic E-state index is 12.6. The van der Waals surface area contributed by atoms with Crippen molar-refractivity contribution in [3.05, 3.63) is 47.8 Å². The summed E-state index contributed by atoms with van der Waals surface area (Å²) in [5.41, 5.74) is 2.31. The third kappa shape index (κ3) is 4.02. The van der Waals surface area contributed by atoms with Crippen LogP contribution >= 0.6 is 0 Å². The minimum absolute atomic E-state index is 0.216. The lowest BCUT2D eigenvalue weighted by Crippen LogP contribution is -2.49. The molecule has 0 aliphatic carbocycles. The van der Waals surface area contributed by atoms with Crippen LogP contribution < -0.4 is 4.74 Å². The summed E-state index contributed by atoms with van der Waals surface area (Å²) in [5, 5.41) is 4.16. The molecule has 0 N–H and O–H groups in total. The Morgan fingerprint density at radius 2 is 1.96 bits per heavy atom. The van der Waals surface area contributed by atoms with E-state index in [1.54, 1.807) is 13.3 Å². The number of carbonyl (C=O) groups excluding carboxylic acids is 1. The molecule has 1 aromatic carbocycles. The Balaban J connectivity index is 1.62. The van der Waals surface area contributed by atoms with Gasteiger partial charge in [-0.15, -0.1) is 0 Å². The molecule has 25 heavy (non-hydrogen) atoms. The van der Waals surface area contributed by atoms with Gasteiger partial charge in [0.1, 0.15) is 5.75 Å². The van der Waals surface area contributed by atoms with Crippen molar-refractivity contribution in [2.75, 3.05) is 33.8 Å². The fraction of sp³-hybridized carbons (Fsp3) is 0.474. The lowest BCUT2D eigenvalue weighted by atomic mass is 10.0. The van der Waals surface area contributed by atoms with Crippen molar-refractivity contribution in [3.63, 3.8) is 0 Å². The van der Waals surface area contributed by atoms with Crippen LogP contribution in [0.3, 0.4) is 0 Å². The number of rotatable bonds is 5. The second-order valence-corrected chi connectivity index (χ2v) is 6.56. The summed E-state index contributed by atoms with van der Waals surface area (Å²) in [4.78, 5) is 16.9. The molecule has 1 amide bonds. The highest BCUT2D eigenvalue weighted by Gasteiger charge is 2.28. The highest BCUT2D eigenvalue weighted by molar-refractivity contribution is 5.76. The van der Waals surface area contributed by atoms with E-state index in [1.807, 2.05) is 34.8 Å². The third-order valence-electron chi connectivity index (χ3n) is 5.02. The van der Waals surface area contributed by atoms with E-state index < -0.39 is 0 Å². The van der Waals surface area contributed by atoms with E-state index in [9.17, 15) is 4.79 Å². The Bertz CT molecular complexity index is 710. The van der Waals surface area contributed by atoms with Crippen LogP contribution in [-0.2, 0) is 18.3 Å². The van der Waals surface area contributed by atoms with Gasteiger partial charge in [0, 0.05) is 45.0 Å². The number of amides is 1. The van der Waals surface area contributed by atoms with Gasteiger partial charge >= 0.3 is 0 Å². The first-order valence-electron chi connectivity index (χ1n) is 8.67. The average Bonchev–Trinajstić information content (AvgIpc) is 3.05. The van der Waals surface area contributed by atoms with Gasteiger partial charge in [-0.2, -0.15) is 5.10 Å². The number of aryl methyl sites for hydroxylation is 2. The van der Waals surface area contributed by atoms with Gasteiger partial charge < -0.3 is 9.64 Å². The average molecular weight is 342 g/mol. The van der Waals surface area contributed by atoms with Crippen LogP contribution in [0.2, 0.25) is 0 Å². The van der Waals surface area contributed by atoms with E-state index >= 15 is 0 Å². The maximum Gasteiger partial charge on any atom is 0.223 e. The van der Waals surface area contributed by atoms with E-state index in [1.165, 1.54) is 5.56 Å². The Hall–Kier alpha value is -2.34. The highest BCUT2D eigenvalue weighted by atomic mass is 16.5. The first-order chi connectivity index (χ1) is 12.1. The highest BCUT2D eigenvalue weighted by Crippen LogP contribution is 2.26. The zero-order valence-electron chi connectivity index (χ0n) is 15.2.